The van der Waals surface area contributed by atoms with Crippen LogP contribution in [0.25, 0.3) is 0 Å². The highest BCUT2D eigenvalue weighted by Gasteiger charge is 2.42. The third-order valence-electron chi connectivity index (χ3n) is 3.57. The normalized spacial score (nSPS) is 27.2. The molecule has 5 heteroatoms. The molecule has 3 nitrogen and oxygen atoms in total. The highest BCUT2D eigenvalue weighted by Crippen LogP contribution is 2.37. The van der Waals surface area contributed by atoms with Crippen LogP contribution in [0.5, 0.6) is 0 Å². The Kier molecular flexibility index (Phi) is 3.61. The predicted octanol–water partition coefficient (Wildman–Crippen LogP) is 3.37. The summed E-state index contributed by atoms with van der Waals surface area (Å²) in [4.78, 5) is 14.7. The van der Waals surface area contributed by atoms with Crippen LogP contribution in [-0.4, -0.2) is 29.1 Å². The molecule has 1 aromatic heterocycles. The summed E-state index contributed by atoms with van der Waals surface area (Å²) in [7, 11) is 0. The zero-order valence-electron chi connectivity index (χ0n) is 9.94. The maximum Gasteiger partial charge on any atom is 0.310 e. The molecule has 2 heterocycles. The standard InChI is InChI=1S/C12H16BrNO2S/c1-8(10-5-9(13)6-17-10)14-4-3-12(2,7-14)11(15)16/h5-6,8H,3-4,7H2,1-2H3,(H,15,16). The Morgan fingerprint density at radius 2 is 2.41 bits per heavy atom. The van der Waals surface area contributed by atoms with Crippen LogP contribution in [0.4, 0.5) is 0 Å². The zero-order valence-corrected chi connectivity index (χ0v) is 12.3. The van der Waals surface area contributed by atoms with Crippen LogP contribution in [0.3, 0.4) is 0 Å². The van der Waals surface area contributed by atoms with E-state index in [1.54, 1.807) is 11.3 Å². The molecule has 0 amide bonds. The third-order valence-corrected chi connectivity index (χ3v) is 5.43. The van der Waals surface area contributed by atoms with E-state index in [1.807, 2.05) is 6.92 Å². The second-order valence-electron chi connectivity index (χ2n) is 4.93. The van der Waals surface area contributed by atoms with Crippen LogP contribution < -0.4 is 0 Å². The molecule has 1 saturated heterocycles. The number of thiophene rings is 1. The van der Waals surface area contributed by atoms with E-state index in [2.05, 4.69) is 39.2 Å². The van der Waals surface area contributed by atoms with Crippen LogP contribution in [-0.2, 0) is 4.79 Å². The highest BCUT2D eigenvalue weighted by molar-refractivity contribution is 9.10. The van der Waals surface area contributed by atoms with Crippen LogP contribution in [0.15, 0.2) is 15.9 Å². The summed E-state index contributed by atoms with van der Waals surface area (Å²) in [5.74, 6) is -0.681. The first-order valence-electron chi connectivity index (χ1n) is 5.64. The summed E-state index contributed by atoms with van der Waals surface area (Å²) >= 11 is 5.17. The lowest BCUT2D eigenvalue weighted by molar-refractivity contribution is -0.147. The van der Waals surface area contributed by atoms with Crippen molar-refractivity contribution in [3.05, 3.63) is 20.8 Å². The van der Waals surface area contributed by atoms with Crippen molar-refractivity contribution in [1.29, 1.82) is 0 Å². The average molecular weight is 318 g/mol. The average Bonchev–Trinajstić information content (AvgIpc) is 2.85. The summed E-state index contributed by atoms with van der Waals surface area (Å²) in [6.45, 7) is 5.48. The lowest BCUT2D eigenvalue weighted by Gasteiger charge is -2.25. The highest BCUT2D eigenvalue weighted by atomic mass is 79.9. The molecule has 1 aromatic rings. The SMILES string of the molecule is CC(c1cc(Br)cs1)N1CCC(C)(C(=O)O)C1. The monoisotopic (exact) mass is 317 g/mol. The molecule has 1 aliphatic rings. The summed E-state index contributed by atoms with van der Waals surface area (Å²) in [6.07, 6.45) is 0.735. The predicted molar refractivity (Wildman–Crippen MR) is 72.4 cm³/mol. The van der Waals surface area contributed by atoms with E-state index in [0.29, 0.717) is 12.6 Å². The van der Waals surface area contributed by atoms with Crippen LogP contribution in [0.2, 0.25) is 0 Å². The number of nitrogens with zero attached hydrogens (tertiary/aromatic N) is 1. The molecule has 1 N–H and O–H groups in total. The number of hydrogen-bond donors (Lipinski definition) is 1. The Labute approximate surface area is 114 Å². The van der Waals surface area contributed by atoms with Gasteiger partial charge in [-0.25, -0.2) is 0 Å². The third kappa shape index (κ3) is 2.56. The Balaban J connectivity index is 2.08. The minimum atomic E-state index is -0.681. The number of aliphatic carboxylic acids is 1. The van der Waals surface area contributed by atoms with Gasteiger partial charge in [-0.15, -0.1) is 11.3 Å². The molecular weight excluding hydrogens is 302 g/mol. The number of rotatable bonds is 3. The number of likely N-dealkylation sites (tertiary alicyclic amines) is 1. The van der Waals surface area contributed by atoms with Crippen molar-refractivity contribution in [2.45, 2.75) is 26.3 Å². The fraction of sp³-hybridized carbons (Fsp3) is 0.583. The van der Waals surface area contributed by atoms with Gasteiger partial charge in [0.05, 0.1) is 5.41 Å². The number of carboxylic acids is 1. The Morgan fingerprint density at radius 1 is 1.71 bits per heavy atom. The first-order chi connectivity index (χ1) is 7.92. The van der Waals surface area contributed by atoms with Crippen molar-refractivity contribution < 1.29 is 9.90 Å². The fourth-order valence-electron chi connectivity index (χ4n) is 2.23. The number of hydrogen-bond acceptors (Lipinski definition) is 3. The van der Waals surface area contributed by atoms with Gasteiger partial charge < -0.3 is 5.11 Å². The van der Waals surface area contributed by atoms with Crippen molar-refractivity contribution in [2.24, 2.45) is 5.41 Å². The molecule has 2 rings (SSSR count). The first kappa shape index (κ1) is 13.1. The molecule has 2 unspecified atom stereocenters. The summed E-state index contributed by atoms with van der Waals surface area (Å²) in [5.41, 5.74) is -0.581. The van der Waals surface area contributed by atoms with Crippen molar-refractivity contribution in [1.82, 2.24) is 4.90 Å². The summed E-state index contributed by atoms with van der Waals surface area (Å²) in [6, 6.07) is 2.42. The van der Waals surface area contributed by atoms with Gasteiger partial charge in [0.1, 0.15) is 0 Å². The Hall–Kier alpha value is -0.390. The van der Waals surface area contributed by atoms with E-state index >= 15 is 0 Å². The largest absolute Gasteiger partial charge is 0.481 e. The topological polar surface area (TPSA) is 40.5 Å². The van der Waals surface area contributed by atoms with E-state index in [0.717, 1.165) is 17.4 Å². The van der Waals surface area contributed by atoms with Crippen LogP contribution >= 0.6 is 27.3 Å². The van der Waals surface area contributed by atoms with Crippen molar-refractivity contribution in [3.8, 4) is 0 Å². The van der Waals surface area contributed by atoms with E-state index in [4.69, 9.17) is 0 Å². The van der Waals surface area contributed by atoms with Gasteiger partial charge in [-0.2, -0.15) is 0 Å². The van der Waals surface area contributed by atoms with Crippen LogP contribution in [0.1, 0.15) is 31.2 Å². The second kappa shape index (κ2) is 4.71. The van der Waals surface area contributed by atoms with Gasteiger partial charge in [-0.3, -0.25) is 9.69 Å². The number of halogens is 1. The molecule has 0 spiro atoms. The maximum atomic E-state index is 11.2. The molecule has 0 radical (unpaired) electrons. The van der Waals surface area contributed by atoms with Gasteiger partial charge >= 0.3 is 5.97 Å². The van der Waals surface area contributed by atoms with Gasteiger partial charge in [-0.1, -0.05) is 0 Å². The molecule has 1 aliphatic heterocycles. The minimum Gasteiger partial charge on any atom is -0.481 e. The first-order valence-corrected chi connectivity index (χ1v) is 7.31. The number of carbonyl (C=O) groups is 1. The molecule has 0 bridgehead atoms. The van der Waals surface area contributed by atoms with Crippen molar-refractivity contribution in [2.75, 3.05) is 13.1 Å². The summed E-state index contributed by atoms with van der Waals surface area (Å²) < 4.78 is 1.10. The van der Waals surface area contributed by atoms with E-state index in [-0.39, 0.29) is 0 Å². The van der Waals surface area contributed by atoms with E-state index in [1.165, 1.54) is 4.88 Å². The summed E-state index contributed by atoms with van der Waals surface area (Å²) in [5, 5.41) is 11.3. The Morgan fingerprint density at radius 3 is 2.88 bits per heavy atom. The lowest BCUT2D eigenvalue weighted by atomic mass is 9.90. The number of carboxylic acid groups (broad SMARTS) is 1. The minimum absolute atomic E-state index is 0.299. The van der Waals surface area contributed by atoms with Crippen molar-refractivity contribution >= 4 is 33.2 Å². The molecular formula is C12H16BrNO2S. The van der Waals surface area contributed by atoms with E-state index in [9.17, 15) is 9.90 Å². The van der Waals surface area contributed by atoms with Gasteiger partial charge in [0.2, 0.25) is 0 Å². The molecule has 94 valence electrons. The fourth-order valence-corrected chi connectivity index (χ4v) is 3.77. The zero-order chi connectivity index (χ0) is 12.6. The van der Waals surface area contributed by atoms with Gasteiger partial charge in [0.25, 0.3) is 0 Å². The smallest absolute Gasteiger partial charge is 0.310 e. The van der Waals surface area contributed by atoms with E-state index < -0.39 is 11.4 Å². The molecule has 0 aromatic carbocycles. The quantitative estimate of drug-likeness (QED) is 0.929. The van der Waals surface area contributed by atoms with Gasteiger partial charge in [-0.05, 0) is 48.8 Å². The Bertz CT molecular complexity index is 434. The molecule has 0 aliphatic carbocycles. The maximum absolute atomic E-state index is 11.2. The molecule has 17 heavy (non-hydrogen) atoms. The second-order valence-corrected chi connectivity index (χ2v) is 6.79. The molecule has 1 fully saturated rings. The molecule has 2 atom stereocenters. The van der Waals surface area contributed by atoms with Crippen LogP contribution in [0, 0.1) is 5.41 Å². The molecule has 0 saturated carbocycles. The van der Waals surface area contributed by atoms with Crippen molar-refractivity contribution in [3.63, 3.8) is 0 Å². The van der Waals surface area contributed by atoms with Gasteiger partial charge in [0, 0.05) is 27.3 Å². The lowest BCUT2D eigenvalue weighted by Crippen LogP contribution is -2.32. The van der Waals surface area contributed by atoms with Gasteiger partial charge in [0.15, 0.2) is 0 Å².